The Morgan fingerprint density at radius 2 is 2.00 bits per heavy atom. The Kier molecular flexibility index (Phi) is 3.77. The van der Waals surface area contributed by atoms with Crippen molar-refractivity contribution in [3.8, 4) is 0 Å². The third kappa shape index (κ3) is 2.66. The van der Waals surface area contributed by atoms with Crippen LogP contribution in [0.4, 0.5) is 4.39 Å². The summed E-state index contributed by atoms with van der Waals surface area (Å²) in [5, 5.41) is 2.44. The number of rotatable bonds is 3. The van der Waals surface area contributed by atoms with Crippen LogP contribution in [0.3, 0.4) is 0 Å². The fourth-order valence-electron chi connectivity index (χ4n) is 1.20. The summed E-state index contributed by atoms with van der Waals surface area (Å²) in [7, 11) is 0. The van der Waals surface area contributed by atoms with E-state index in [0.29, 0.717) is 5.56 Å². The van der Waals surface area contributed by atoms with Crippen LogP contribution in [0.5, 0.6) is 0 Å². The molecule has 0 aliphatic carbocycles. The molecular formula is C12H14FNO2. The lowest BCUT2D eigenvalue weighted by molar-refractivity contribution is -0.118. The van der Waals surface area contributed by atoms with Gasteiger partial charge in [-0.25, -0.2) is 4.39 Å². The van der Waals surface area contributed by atoms with Crippen molar-refractivity contribution in [2.75, 3.05) is 0 Å². The van der Waals surface area contributed by atoms with Crippen molar-refractivity contribution in [3.63, 3.8) is 0 Å². The topological polar surface area (TPSA) is 46.2 Å². The minimum Gasteiger partial charge on any atom is -0.342 e. The Hall–Kier alpha value is -1.71. The molecule has 0 saturated heterocycles. The van der Waals surface area contributed by atoms with Crippen molar-refractivity contribution in [1.82, 2.24) is 5.32 Å². The fraction of sp³-hybridized carbons (Fsp3) is 0.333. The molecule has 0 saturated carbocycles. The van der Waals surface area contributed by atoms with Crippen LogP contribution in [0.1, 0.15) is 29.8 Å². The van der Waals surface area contributed by atoms with Crippen LogP contribution in [0.2, 0.25) is 0 Å². The molecule has 0 fully saturated rings. The van der Waals surface area contributed by atoms with E-state index in [4.69, 9.17) is 0 Å². The zero-order valence-electron chi connectivity index (χ0n) is 9.50. The van der Waals surface area contributed by atoms with Crippen molar-refractivity contribution < 1.29 is 14.0 Å². The van der Waals surface area contributed by atoms with Crippen LogP contribution in [0, 0.1) is 12.7 Å². The molecule has 3 nitrogen and oxygen atoms in total. The van der Waals surface area contributed by atoms with Gasteiger partial charge in [-0.05, 0) is 32.4 Å². The molecule has 0 radical (unpaired) electrons. The molecule has 16 heavy (non-hydrogen) atoms. The van der Waals surface area contributed by atoms with E-state index >= 15 is 0 Å². The quantitative estimate of drug-likeness (QED) is 0.849. The second-order valence-electron chi connectivity index (χ2n) is 3.74. The maximum Gasteiger partial charge on any atom is 0.254 e. The molecule has 86 valence electrons. The van der Waals surface area contributed by atoms with Gasteiger partial charge in [0.1, 0.15) is 5.82 Å². The van der Waals surface area contributed by atoms with Gasteiger partial charge in [-0.3, -0.25) is 9.59 Å². The minimum atomic E-state index is -0.604. The minimum absolute atomic E-state index is 0.0342. The molecule has 1 N–H and O–H groups in total. The number of carbonyl (C=O) groups excluding carboxylic acids is 2. The standard InChI is InChI=1S/C12H14FNO2/c1-7-5-4-6-10(11(7)13)12(16)14-8(2)9(3)15/h4-6,8H,1-3H3,(H,14,16). The number of halogens is 1. The van der Waals surface area contributed by atoms with Crippen LogP contribution < -0.4 is 5.32 Å². The third-order valence-corrected chi connectivity index (χ3v) is 2.39. The van der Waals surface area contributed by atoms with Gasteiger partial charge < -0.3 is 5.32 Å². The highest BCUT2D eigenvalue weighted by Gasteiger charge is 2.16. The van der Waals surface area contributed by atoms with E-state index in [-0.39, 0.29) is 11.3 Å². The van der Waals surface area contributed by atoms with E-state index in [1.165, 1.54) is 13.0 Å². The molecule has 0 spiro atoms. The molecule has 1 unspecified atom stereocenters. The number of aryl methyl sites for hydroxylation is 1. The normalized spacial score (nSPS) is 12.0. The average molecular weight is 223 g/mol. The Balaban J connectivity index is 2.89. The summed E-state index contributed by atoms with van der Waals surface area (Å²) in [4.78, 5) is 22.6. The van der Waals surface area contributed by atoms with E-state index in [1.54, 1.807) is 26.0 Å². The fourth-order valence-corrected chi connectivity index (χ4v) is 1.20. The van der Waals surface area contributed by atoms with E-state index < -0.39 is 17.8 Å². The number of Topliss-reactive ketones (excluding diaryl/α,β-unsaturated/α-hetero) is 1. The average Bonchev–Trinajstić information content (AvgIpc) is 2.21. The van der Waals surface area contributed by atoms with Gasteiger partial charge in [0.25, 0.3) is 5.91 Å². The first kappa shape index (κ1) is 12.4. The van der Waals surface area contributed by atoms with Crippen LogP contribution in [0.15, 0.2) is 18.2 Å². The summed E-state index contributed by atoms with van der Waals surface area (Å²) < 4.78 is 13.6. The van der Waals surface area contributed by atoms with Crippen LogP contribution in [0.25, 0.3) is 0 Å². The largest absolute Gasteiger partial charge is 0.342 e. The first-order chi connectivity index (χ1) is 7.43. The number of hydrogen-bond acceptors (Lipinski definition) is 2. The first-order valence-corrected chi connectivity index (χ1v) is 5.00. The van der Waals surface area contributed by atoms with Gasteiger partial charge in [0.2, 0.25) is 0 Å². The Bertz CT molecular complexity index is 429. The number of ketones is 1. The SMILES string of the molecule is CC(=O)C(C)NC(=O)c1cccc(C)c1F. The monoisotopic (exact) mass is 223 g/mol. The van der Waals surface area contributed by atoms with Crippen molar-refractivity contribution in [2.45, 2.75) is 26.8 Å². The van der Waals surface area contributed by atoms with E-state index in [1.807, 2.05) is 0 Å². The molecule has 0 aliphatic heterocycles. The molecule has 1 atom stereocenters. The van der Waals surface area contributed by atoms with E-state index in [2.05, 4.69) is 5.32 Å². The summed E-state index contributed by atoms with van der Waals surface area (Å²) in [5.74, 6) is -1.28. The Morgan fingerprint density at radius 1 is 1.38 bits per heavy atom. The summed E-state index contributed by atoms with van der Waals surface area (Å²) in [6.07, 6.45) is 0. The van der Waals surface area contributed by atoms with Gasteiger partial charge in [0.05, 0.1) is 11.6 Å². The lowest BCUT2D eigenvalue weighted by Crippen LogP contribution is -2.37. The zero-order valence-corrected chi connectivity index (χ0v) is 9.50. The van der Waals surface area contributed by atoms with Gasteiger partial charge in [-0.2, -0.15) is 0 Å². The predicted molar refractivity (Wildman–Crippen MR) is 58.7 cm³/mol. The molecule has 1 aromatic carbocycles. The Labute approximate surface area is 93.7 Å². The van der Waals surface area contributed by atoms with Crippen molar-refractivity contribution >= 4 is 11.7 Å². The molecule has 1 rings (SSSR count). The summed E-state index contributed by atoms with van der Waals surface area (Å²) in [6.45, 7) is 4.52. The number of hydrogen-bond donors (Lipinski definition) is 1. The lowest BCUT2D eigenvalue weighted by Gasteiger charge is -2.11. The van der Waals surface area contributed by atoms with E-state index in [9.17, 15) is 14.0 Å². The number of nitrogens with one attached hydrogen (secondary N) is 1. The maximum atomic E-state index is 13.6. The second-order valence-corrected chi connectivity index (χ2v) is 3.74. The van der Waals surface area contributed by atoms with Crippen molar-refractivity contribution in [2.24, 2.45) is 0 Å². The third-order valence-electron chi connectivity index (χ3n) is 2.39. The summed E-state index contributed by atoms with van der Waals surface area (Å²) in [5.41, 5.74) is 0.372. The molecule has 0 bridgehead atoms. The molecule has 0 aliphatic rings. The predicted octanol–water partition coefficient (Wildman–Crippen LogP) is 1.84. The molecule has 1 aromatic rings. The van der Waals surface area contributed by atoms with Gasteiger partial charge in [0, 0.05) is 0 Å². The van der Waals surface area contributed by atoms with Crippen LogP contribution in [-0.2, 0) is 4.79 Å². The highest BCUT2D eigenvalue weighted by Crippen LogP contribution is 2.11. The molecule has 1 amide bonds. The van der Waals surface area contributed by atoms with Crippen LogP contribution in [-0.4, -0.2) is 17.7 Å². The molecule has 0 heterocycles. The van der Waals surface area contributed by atoms with Gasteiger partial charge >= 0.3 is 0 Å². The highest BCUT2D eigenvalue weighted by atomic mass is 19.1. The summed E-state index contributed by atoms with van der Waals surface area (Å²) >= 11 is 0. The lowest BCUT2D eigenvalue weighted by atomic mass is 10.1. The maximum absolute atomic E-state index is 13.6. The van der Waals surface area contributed by atoms with E-state index in [0.717, 1.165) is 0 Å². The van der Waals surface area contributed by atoms with Gasteiger partial charge in [-0.15, -0.1) is 0 Å². The van der Waals surface area contributed by atoms with Gasteiger partial charge in [0.15, 0.2) is 5.78 Å². The highest BCUT2D eigenvalue weighted by molar-refractivity contribution is 5.97. The second kappa shape index (κ2) is 4.88. The molecular weight excluding hydrogens is 209 g/mol. The number of carbonyl (C=O) groups is 2. The number of benzene rings is 1. The van der Waals surface area contributed by atoms with Crippen molar-refractivity contribution in [3.05, 3.63) is 35.1 Å². The van der Waals surface area contributed by atoms with Crippen LogP contribution >= 0.6 is 0 Å². The van der Waals surface area contributed by atoms with Gasteiger partial charge in [-0.1, -0.05) is 12.1 Å². The number of amides is 1. The zero-order chi connectivity index (χ0) is 12.3. The Morgan fingerprint density at radius 3 is 2.56 bits per heavy atom. The molecule has 0 aromatic heterocycles. The first-order valence-electron chi connectivity index (χ1n) is 5.00. The summed E-state index contributed by atoms with van der Waals surface area (Å²) in [6, 6.07) is 3.98. The smallest absolute Gasteiger partial charge is 0.254 e. The molecule has 4 heteroatoms. The van der Waals surface area contributed by atoms with Crippen molar-refractivity contribution in [1.29, 1.82) is 0 Å².